The highest BCUT2D eigenvalue weighted by Crippen LogP contribution is 2.46. The minimum atomic E-state index is -1.29. The van der Waals surface area contributed by atoms with Gasteiger partial charge in [0.25, 0.3) is 5.91 Å². The van der Waals surface area contributed by atoms with E-state index < -0.39 is 5.60 Å². The Hall–Kier alpha value is -3.25. The Morgan fingerprint density at radius 1 is 1.11 bits per heavy atom. The van der Waals surface area contributed by atoms with Crippen molar-refractivity contribution >= 4 is 17.3 Å². The van der Waals surface area contributed by atoms with Crippen LogP contribution in [0, 0.1) is 25.6 Å². The molecule has 0 spiro atoms. The first-order chi connectivity index (χ1) is 21.8. The third-order valence-electron chi connectivity index (χ3n) is 10.5. The van der Waals surface area contributed by atoms with Gasteiger partial charge in [0.2, 0.25) is 0 Å². The van der Waals surface area contributed by atoms with Gasteiger partial charge in [-0.15, -0.1) is 0 Å². The van der Waals surface area contributed by atoms with Crippen LogP contribution >= 0.6 is 0 Å². The molecular formula is C40H52FNO4. The van der Waals surface area contributed by atoms with E-state index in [0.717, 1.165) is 93.6 Å². The summed E-state index contributed by atoms with van der Waals surface area (Å²) in [4.78, 5) is 26.3. The summed E-state index contributed by atoms with van der Waals surface area (Å²) in [6.45, 7) is 16.4. The van der Waals surface area contributed by atoms with Crippen molar-refractivity contribution in [2.45, 2.75) is 131 Å². The number of amides is 1. The van der Waals surface area contributed by atoms with E-state index in [-0.39, 0.29) is 29.5 Å². The van der Waals surface area contributed by atoms with Crippen molar-refractivity contribution in [3.63, 3.8) is 0 Å². The third kappa shape index (κ3) is 6.34. The summed E-state index contributed by atoms with van der Waals surface area (Å²) < 4.78 is 21.4. The number of allylic oxidation sites excluding steroid dienone is 7. The molecule has 1 aromatic rings. The van der Waals surface area contributed by atoms with Crippen LogP contribution in [0.1, 0.15) is 122 Å². The standard InChI is InChI=1S/C40H52FNO4/c1-9-12-30(37-34(42-39(44)40(45)17-18-40)16-15-29-25(7)33(41)20-24(6)36(29)37)35(22(3)4)23(5)19-31-28(10-2)38(27-13-11-14-27)46-21-32(31)26(8)43/h19-20,28,34,45H,9-18,21H2,1-8H3,(H,42,44)/b23-19+,37-30-. The first-order valence-electron chi connectivity index (χ1n) is 17.3. The fourth-order valence-electron chi connectivity index (χ4n) is 7.79. The molecule has 2 saturated carbocycles. The summed E-state index contributed by atoms with van der Waals surface area (Å²) >= 11 is 0. The Balaban J connectivity index is 1.74. The number of hydrogen-bond acceptors (Lipinski definition) is 4. The van der Waals surface area contributed by atoms with Gasteiger partial charge in [-0.1, -0.05) is 31.9 Å². The number of nitrogens with one attached hydrogen (secondary N) is 1. The van der Waals surface area contributed by atoms with Crippen LogP contribution in [0.5, 0.6) is 0 Å². The molecule has 2 unspecified atom stereocenters. The first kappa shape index (κ1) is 34.1. The van der Waals surface area contributed by atoms with Crippen LogP contribution < -0.4 is 5.32 Å². The maximum Gasteiger partial charge on any atom is 0.252 e. The predicted molar refractivity (Wildman–Crippen MR) is 183 cm³/mol. The highest BCUT2D eigenvalue weighted by Gasteiger charge is 2.49. The molecule has 2 fully saturated rings. The number of fused-ring (bicyclic) bond motifs is 1. The summed E-state index contributed by atoms with van der Waals surface area (Å²) in [6, 6.07) is 1.31. The van der Waals surface area contributed by atoms with E-state index >= 15 is 4.39 Å². The topological polar surface area (TPSA) is 75.6 Å². The molecular weight excluding hydrogens is 577 g/mol. The van der Waals surface area contributed by atoms with Crippen molar-refractivity contribution in [1.82, 2.24) is 5.32 Å². The zero-order chi connectivity index (χ0) is 33.5. The van der Waals surface area contributed by atoms with Crippen molar-refractivity contribution < 1.29 is 23.8 Å². The van der Waals surface area contributed by atoms with E-state index in [1.165, 1.54) is 12.0 Å². The second kappa shape index (κ2) is 13.5. The number of ketones is 1. The molecule has 0 aromatic heterocycles. The molecule has 2 atom stereocenters. The van der Waals surface area contributed by atoms with Gasteiger partial charge in [0.05, 0.1) is 6.04 Å². The zero-order valence-corrected chi connectivity index (χ0v) is 29.1. The van der Waals surface area contributed by atoms with Gasteiger partial charge in [-0.25, -0.2) is 4.39 Å². The van der Waals surface area contributed by atoms with Crippen LogP contribution in [-0.2, 0) is 20.7 Å². The molecule has 46 heavy (non-hydrogen) atoms. The van der Waals surface area contributed by atoms with E-state index in [9.17, 15) is 14.7 Å². The fraction of sp³-hybridized carbons (Fsp3) is 0.550. The number of carbonyl (C=O) groups excluding carboxylic acids is 2. The molecule has 1 heterocycles. The summed E-state index contributed by atoms with van der Waals surface area (Å²) in [6.07, 6.45) is 10.2. The van der Waals surface area contributed by atoms with E-state index in [0.29, 0.717) is 37.9 Å². The van der Waals surface area contributed by atoms with Crippen molar-refractivity contribution in [2.75, 3.05) is 6.61 Å². The molecule has 1 aromatic carbocycles. The van der Waals surface area contributed by atoms with Gasteiger partial charge in [0, 0.05) is 11.5 Å². The molecule has 5 rings (SSSR count). The second-order valence-electron chi connectivity index (χ2n) is 14.2. The minimum absolute atomic E-state index is 0.0354. The lowest BCUT2D eigenvalue weighted by atomic mass is 9.73. The van der Waals surface area contributed by atoms with E-state index in [4.69, 9.17) is 4.74 Å². The number of ether oxygens (including phenoxy) is 1. The van der Waals surface area contributed by atoms with Gasteiger partial charge in [0.1, 0.15) is 23.8 Å². The lowest BCUT2D eigenvalue weighted by Gasteiger charge is -2.35. The van der Waals surface area contributed by atoms with Crippen molar-refractivity contribution in [1.29, 1.82) is 0 Å². The van der Waals surface area contributed by atoms with E-state index in [1.54, 1.807) is 13.0 Å². The first-order valence-corrected chi connectivity index (χ1v) is 17.3. The van der Waals surface area contributed by atoms with Gasteiger partial charge in [-0.05, 0) is 161 Å². The molecule has 248 valence electrons. The lowest BCUT2D eigenvalue weighted by Crippen LogP contribution is -2.45. The Morgan fingerprint density at radius 3 is 2.35 bits per heavy atom. The molecule has 0 saturated heterocycles. The predicted octanol–water partition coefficient (Wildman–Crippen LogP) is 8.61. The van der Waals surface area contributed by atoms with E-state index in [2.05, 4.69) is 46.0 Å². The van der Waals surface area contributed by atoms with Gasteiger partial charge < -0.3 is 15.2 Å². The quantitative estimate of drug-likeness (QED) is 0.268. The molecule has 1 amide bonds. The minimum Gasteiger partial charge on any atom is -0.493 e. The monoisotopic (exact) mass is 629 g/mol. The van der Waals surface area contributed by atoms with Crippen molar-refractivity contribution in [2.24, 2.45) is 5.92 Å². The van der Waals surface area contributed by atoms with Crippen molar-refractivity contribution in [3.05, 3.63) is 85.0 Å². The zero-order valence-electron chi connectivity index (χ0n) is 29.1. The number of aryl methyl sites for hydroxylation is 1. The Kier molecular flexibility index (Phi) is 9.98. The number of aliphatic hydroxyl groups is 1. The third-order valence-corrected chi connectivity index (χ3v) is 10.5. The SMILES string of the molecule is CCC/C(C(=C(C)C)/C(C)=C/C1=C(C(C)=O)COC(=C2CCC2)C1CC)=C1/c2c(C)cc(F)c(C)c2CCC1NC(=O)C1(O)CC1. The van der Waals surface area contributed by atoms with Gasteiger partial charge >= 0.3 is 0 Å². The van der Waals surface area contributed by atoms with Crippen LogP contribution in [0.3, 0.4) is 0 Å². The second-order valence-corrected chi connectivity index (χ2v) is 14.2. The Bertz CT molecular complexity index is 1600. The molecule has 4 aliphatic rings. The van der Waals surface area contributed by atoms with Gasteiger partial charge in [-0.2, -0.15) is 0 Å². The van der Waals surface area contributed by atoms with Crippen LogP contribution in [-0.4, -0.2) is 35.0 Å². The molecule has 2 N–H and O–H groups in total. The highest BCUT2D eigenvalue weighted by molar-refractivity contribution is 5.95. The normalized spacial score (nSPS) is 23.3. The van der Waals surface area contributed by atoms with Crippen LogP contribution in [0.2, 0.25) is 0 Å². The van der Waals surface area contributed by atoms with Crippen LogP contribution in [0.4, 0.5) is 4.39 Å². The maximum atomic E-state index is 15.1. The lowest BCUT2D eigenvalue weighted by molar-refractivity contribution is -0.131. The number of carbonyl (C=O) groups is 2. The Morgan fingerprint density at radius 2 is 1.80 bits per heavy atom. The molecule has 0 bridgehead atoms. The molecule has 3 aliphatic carbocycles. The number of Topliss-reactive ketones (excluding diaryl/α,β-unsaturated/α-hetero) is 1. The Labute approximate surface area is 274 Å². The molecule has 0 radical (unpaired) electrons. The number of halogens is 1. The number of hydrogen-bond donors (Lipinski definition) is 2. The summed E-state index contributed by atoms with van der Waals surface area (Å²) in [5, 5.41) is 13.9. The van der Waals surface area contributed by atoms with E-state index in [1.807, 2.05) is 13.8 Å². The fourth-order valence-corrected chi connectivity index (χ4v) is 7.79. The van der Waals surface area contributed by atoms with Gasteiger partial charge in [0.15, 0.2) is 5.78 Å². The average molecular weight is 630 g/mol. The molecule has 1 aliphatic heterocycles. The maximum absolute atomic E-state index is 15.1. The van der Waals surface area contributed by atoms with Crippen LogP contribution in [0.15, 0.2) is 56.9 Å². The summed E-state index contributed by atoms with van der Waals surface area (Å²) in [7, 11) is 0. The summed E-state index contributed by atoms with van der Waals surface area (Å²) in [5.74, 6) is 0.604. The number of benzene rings is 1. The molecule has 6 heteroatoms. The largest absolute Gasteiger partial charge is 0.493 e. The smallest absolute Gasteiger partial charge is 0.252 e. The highest BCUT2D eigenvalue weighted by atomic mass is 19.1. The van der Waals surface area contributed by atoms with Gasteiger partial charge in [-0.3, -0.25) is 9.59 Å². The number of rotatable bonds is 9. The molecule has 5 nitrogen and oxygen atoms in total. The van der Waals surface area contributed by atoms with Crippen molar-refractivity contribution in [3.8, 4) is 0 Å². The van der Waals surface area contributed by atoms with Crippen LogP contribution in [0.25, 0.3) is 5.57 Å². The summed E-state index contributed by atoms with van der Waals surface area (Å²) in [5.41, 5.74) is 10.9. The average Bonchev–Trinajstić information content (AvgIpc) is 3.73.